The number of hydrogen-bond donors (Lipinski definition) is 1. The van der Waals surface area contributed by atoms with Gasteiger partial charge in [-0.05, 0) is 42.2 Å². The molecule has 1 heterocycles. The number of carboxylic acid groups (broad SMARTS) is 1. The van der Waals surface area contributed by atoms with Gasteiger partial charge in [-0.25, -0.2) is 4.39 Å². The molecule has 0 aliphatic heterocycles. The molecule has 19 heavy (non-hydrogen) atoms. The first kappa shape index (κ1) is 13.3. The van der Waals surface area contributed by atoms with Crippen LogP contribution in [0.4, 0.5) is 4.39 Å². The summed E-state index contributed by atoms with van der Waals surface area (Å²) < 4.78 is 18.4. The van der Waals surface area contributed by atoms with E-state index in [1.807, 2.05) is 6.07 Å². The molecule has 0 amide bonds. The second-order valence-electron chi connectivity index (χ2n) is 4.47. The molecule has 1 unspecified atom stereocenters. The second-order valence-corrected chi connectivity index (χ2v) is 4.47. The van der Waals surface area contributed by atoms with Crippen LogP contribution < -0.4 is 0 Å². The average Bonchev–Trinajstić information content (AvgIpc) is 2.87. The topological polar surface area (TPSA) is 50.4 Å². The van der Waals surface area contributed by atoms with Crippen LogP contribution in [0.1, 0.15) is 30.1 Å². The molecule has 0 bridgehead atoms. The maximum atomic E-state index is 13.2. The SMILES string of the molecule is O=C(O)CC(CCc1ccco1)c1cccc(F)c1. The number of aliphatic carboxylic acids is 1. The summed E-state index contributed by atoms with van der Waals surface area (Å²) in [6.07, 6.45) is 2.83. The van der Waals surface area contributed by atoms with Gasteiger partial charge < -0.3 is 9.52 Å². The molecule has 1 aromatic carbocycles. The fourth-order valence-electron chi connectivity index (χ4n) is 2.13. The van der Waals surface area contributed by atoms with Crippen LogP contribution >= 0.6 is 0 Å². The first-order chi connectivity index (χ1) is 9.15. The lowest BCUT2D eigenvalue weighted by Gasteiger charge is -2.14. The van der Waals surface area contributed by atoms with Gasteiger partial charge in [-0.2, -0.15) is 0 Å². The number of rotatable bonds is 6. The Kier molecular flexibility index (Phi) is 4.34. The van der Waals surface area contributed by atoms with Crippen molar-refractivity contribution in [2.75, 3.05) is 0 Å². The lowest BCUT2D eigenvalue weighted by Crippen LogP contribution is -2.08. The van der Waals surface area contributed by atoms with Gasteiger partial charge in [-0.1, -0.05) is 12.1 Å². The van der Waals surface area contributed by atoms with E-state index in [1.165, 1.54) is 12.1 Å². The van der Waals surface area contributed by atoms with Gasteiger partial charge in [0.1, 0.15) is 11.6 Å². The monoisotopic (exact) mass is 262 g/mol. The summed E-state index contributed by atoms with van der Waals surface area (Å²) in [5.41, 5.74) is 0.717. The van der Waals surface area contributed by atoms with Gasteiger partial charge in [0.15, 0.2) is 0 Å². The molecule has 2 aromatic rings. The Morgan fingerprint density at radius 2 is 2.16 bits per heavy atom. The van der Waals surface area contributed by atoms with Crippen molar-refractivity contribution in [2.45, 2.75) is 25.2 Å². The summed E-state index contributed by atoms with van der Waals surface area (Å²) in [6, 6.07) is 9.77. The maximum absolute atomic E-state index is 13.2. The van der Waals surface area contributed by atoms with Crippen LogP contribution in [0, 0.1) is 5.82 Å². The van der Waals surface area contributed by atoms with Crippen LogP contribution in [-0.4, -0.2) is 11.1 Å². The summed E-state index contributed by atoms with van der Waals surface area (Å²) >= 11 is 0. The minimum Gasteiger partial charge on any atom is -0.481 e. The largest absolute Gasteiger partial charge is 0.481 e. The highest BCUT2D eigenvalue weighted by molar-refractivity contribution is 5.68. The highest BCUT2D eigenvalue weighted by Crippen LogP contribution is 2.26. The predicted molar refractivity (Wildman–Crippen MR) is 68.4 cm³/mol. The first-order valence-corrected chi connectivity index (χ1v) is 6.15. The molecule has 3 nitrogen and oxygen atoms in total. The molecule has 0 saturated heterocycles. The number of furan rings is 1. The lowest BCUT2D eigenvalue weighted by molar-refractivity contribution is -0.137. The Morgan fingerprint density at radius 1 is 1.32 bits per heavy atom. The van der Waals surface area contributed by atoms with Gasteiger partial charge in [0.25, 0.3) is 0 Å². The van der Waals surface area contributed by atoms with Crippen LogP contribution in [-0.2, 0) is 11.2 Å². The average molecular weight is 262 g/mol. The molecule has 1 aromatic heterocycles. The number of hydrogen-bond acceptors (Lipinski definition) is 2. The normalized spacial score (nSPS) is 12.3. The van der Waals surface area contributed by atoms with Crippen molar-refractivity contribution in [2.24, 2.45) is 0 Å². The van der Waals surface area contributed by atoms with Crippen molar-refractivity contribution < 1.29 is 18.7 Å². The molecule has 4 heteroatoms. The molecule has 0 radical (unpaired) electrons. The van der Waals surface area contributed by atoms with E-state index in [9.17, 15) is 9.18 Å². The molecular weight excluding hydrogens is 247 g/mol. The predicted octanol–water partition coefficient (Wildman–Crippen LogP) is 3.61. The Labute approximate surface area is 110 Å². The summed E-state index contributed by atoms with van der Waals surface area (Å²) in [5, 5.41) is 8.95. The van der Waals surface area contributed by atoms with E-state index in [1.54, 1.807) is 24.5 Å². The zero-order valence-corrected chi connectivity index (χ0v) is 10.4. The molecule has 0 fully saturated rings. The fourth-order valence-corrected chi connectivity index (χ4v) is 2.13. The number of benzene rings is 1. The van der Waals surface area contributed by atoms with E-state index in [-0.39, 0.29) is 18.2 Å². The van der Waals surface area contributed by atoms with Crippen LogP contribution in [0.5, 0.6) is 0 Å². The summed E-state index contributed by atoms with van der Waals surface area (Å²) in [4.78, 5) is 10.9. The summed E-state index contributed by atoms with van der Waals surface area (Å²) in [6.45, 7) is 0. The van der Waals surface area contributed by atoms with E-state index >= 15 is 0 Å². The Bertz CT molecular complexity index is 534. The van der Waals surface area contributed by atoms with E-state index in [4.69, 9.17) is 9.52 Å². The Hall–Kier alpha value is -2.10. The van der Waals surface area contributed by atoms with Gasteiger partial charge >= 0.3 is 5.97 Å². The molecule has 1 N–H and O–H groups in total. The highest BCUT2D eigenvalue weighted by Gasteiger charge is 2.16. The third-order valence-electron chi connectivity index (χ3n) is 3.06. The quantitative estimate of drug-likeness (QED) is 0.865. The molecule has 0 spiro atoms. The van der Waals surface area contributed by atoms with Crippen molar-refractivity contribution in [3.63, 3.8) is 0 Å². The molecule has 100 valence electrons. The molecule has 1 atom stereocenters. The zero-order chi connectivity index (χ0) is 13.7. The number of halogens is 1. The van der Waals surface area contributed by atoms with E-state index in [2.05, 4.69) is 0 Å². The van der Waals surface area contributed by atoms with Crippen molar-refractivity contribution in [3.8, 4) is 0 Å². The molecule has 2 rings (SSSR count). The first-order valence-electron chi connectivity index (χ1n) is 6.15. The number of carbonyl (C=O) groups is 1. The molecule has 0 saturated carbocycles. The minimum absolute atomic E-state index is 0.00976. The van der Waals surface area contributed by atoms with Gasteiger partial charge in [-0.3, -0.25) is 4.79 Å². The molecule has 0 aliphatic carbocycles. The van der Waals surface area contributed by atoms with Gasteiger partial charge in [-0.15, -0.1) is 0 Å². The van der Waals surface area contributed by atoms with E-state index < -0.39 is 5.97 Å². The van der Waals surface area contributed by atoms with Gasteiger partial charge in [0, 0.05) is 6.42 Å². The van der Waals surface area contributed by atoms with Gasteiger partial charge in [0.05, 0.1) is 12.7 Å². The Balaban J connectivity index is 2.09. The summed E-state index contributed by atoms with van der Waals surface area (Å²) in [5.74, 6) is -0.621. The van der Waals surface area contributed by atoms with E-state index in [0.29, 0.717) is 18.4 Å². The molecular formula is C15H15FO3. The third kappa shape index (κ3) is 3.95. The minimum atomic E-state index is -0.881. The van der Waals surface area contributed by atoms with Crippen molar-refractivity contribution in [1.82, 2.24) is 0 Å². The lowest BCUT2D eigenvalue weighted by atomic mass is 9.91. The van der Waals surface area contributed by atoms with Crippen LogP contribution in [0.15, 0.2) is 47.1 Å². The van der Waals surface area contributed by atoms with Crippen molar-refractivity contribution in [3.05, 3.63) is 59.8 Å². The highest BCUT2D eigenvalue weighted by atomic mass is 19.1. The smallest absolute Gasteiger partial charge is 0.303 e. The third-order valence-corrected chi connectivity index (χ3v) is 3.06. The number of aryl methyl sites for hydroxylation is 1. The summed E-state index contributed by atoms with van der Waals surface area (Å²) in [7, 11) is 0. The van der Waals surface area contributed by atoms with Crippen LogP contribution in [0.2, 0.25) is 0 Å². The van der Waals surface area contributed by atoms with Gasteiger partial charge in [0.2, 0.25) is 0 Å². The zero-order valence-electron chi connectivity index (χ0n) is 10.4. The standard InChI is InChI=1S/C15H15FO3/c16-13-4-1-3-11(9-13)12(10-15(17)18)6-7-14-5-2-8-19-14/h1-5,8-9,12H,6-7,10H2,(H,17,18). The number of carboxylic acids is 1. The van der Waals surface area contributed by atoms with Crippen molar-refractivity contribution >= 4 is 5.97 Å². The van der Waals surface area contributed by atoms with Crippen LogP contribution in [0.25, 0.3) is 0 Å². The van der Waals surface area contributed by atoms with Crippen molar-refractivity contribution in [1.29, 1.82) is 0 Å². The molecule has 0 aliphatic rings. The second kappa shape index (κ2) is 6.18. The van der Waals surface area contributed by atoms with E-state index in [0.717, 1.165) is 5.76 Å². The maximum Gasteiger partial charge on any atom is 0.303 e. The fraction of sp³-hybridized carbons (Fsp3) is 0.267. The van der Waals surface area contributed by atoms with Crippen LogP contribution in [0.3, 0.4) is 0 Å². The Morgan fingerprint density at radius 3 is 2.79 bits per heavy atom.